The Labute approximate surface area is 254 Å². The van der Waals surface area contributed by atoms with Gasteiger partial charge >= 0.3 is 5.97 Å². The van der Waals surface area contributed by atoms with Crippen molar-refractivity contribution in [3.63, 3.8) is 0 Å². The minimum atomic E-state index is -0.497. The Hall–Kier alpha value is -3.38. The summed E-state index contributed by atoms with van der Waals surface area (Å²) in [5, 5.41) is 15.6. The highest BCUT2D eigenvalue weighted by Gasteiger charge is 2.30. The van der Waals surface area contributed by atoms with Crippen LogP contribution in [0.3, 0.4) is 0 Å². The van der Waals surface area contributed by atoms with E-state index in [1.807, 2.05) is 6.92 Å². The molecule has 0 spiro atoms. The summed E-state index contributed by atoms with van der Waals surface area (Å²) in [6, 6.07) is 7.20. The van der Waals surface area contributed by atoms with E-state index in [2.05, 4.69) is 25.4 Å². The van der Waals surface area contributed by atoms with Gasteiger partial charge in [-0.3, -0.25) is 9.59 Å². The number of rotatable bonds is 11. The Morgan fingerprint density at radius 3 is 2.71 bits per heavy atom. The highest BCUT2D eigenvalue weighted by atomic mass is 32.2. The number of fused-ring (bicyclic) bond motifs is 1. The quantitative estimate of drug-likeness (QED) is 0.213. The molecule has 1 saturated carbocycles. The maximum Gasteiger partial charge on any atom is 0.341 e. The van der Waals surface area contributed by atoms with Crippen LogP contribution >= 0.6 is 23.1 Å². The zero-order valence-electron chi connectivity index (χ0n) is 24.2. The summed E-state index contributed by atoms with van der Waals surface area (Å²) in [5.74, 6) is 0.448. The number of anilines is 1. The van der Waals surface area contributed by atoms with Crippen LogP contribution in [0.1, 0.15) is 95.4 Å². The van der Waals surface area contributed by atoms with Crippen molar-refractivity contribution < 1.29 is 23.9 Å². The fraction of sp³-hybridized carbons (Fsp3) is 0.500. The van der Waals surface area contributed by atoms with Crippen molar-refractivity contribution in [2.45, 2.75) is 88.2 Å². The lowest BCUT2D eigenvalue weighted by Gasteiger charge is -2.26. The van der Waals surface area contributed by atoms with Crippen molar-refractivity contribution >= 4 is 45.9 Å². The molecule has 0 aliphatic heterocycles. The number of methoxy groups -OCH3 is 1. The third-order valence-electron chi connectivity index (χ3n) is 7.70. The molecule has 2 N–H and O–H groups in total. The number of carbonyl (C=O) groups is 3. The predicted octanol–water partition coefficient (Wildman–Crippen LogP) is 5.57. The Morgan fingerprint density at radius 2 is 1.95 bits per heavy atom. The van der Waals surface area contributed by atoms with Crippen molar-refractivity contribution in [3.05, 3.63) is 51.7 Å². The smallest absolute Gasteiger partial charge is 0.341 e. The zero-order valence-corrected chi connectivity index (χ0v) is 25.9. The molecule has 0 radical (unpaired) electrons. The molecule has 1 aromatic carbocycles. The normalized spacial score (nSPS) is 15.6. The molecule has 12 heteroatoms. The first kappa shape index (κ1) is 30.1. The number of aromatic nitrogens is 3. The van der Waals surface area contributed by atoms with E-state index in [0.29, 0.717) is 32.9 Å². The van der Waals surface area contributed by atoms with Gasteiger partial charge in [0.2, 0.25) is 5.91 Å². The molecule has 2 amide bonds. The lowest BCUT2D eigenvalue weighted by molar-refractivity contribution is -0.115. The van der Waals surface area contributed by atoms with Crippen molar-refractivity contribution in [1.82, 2.24) is 20.1 Å². The number of thioether (sulfide) groups is 1. The van der Waals surface area contributed by atoms with Gasteiger partial charge in [-0.15, -0.1) is 21.5 Å². The maximum atomic E-state index is 13.4. The number of nitrogens with one attached hydrogen (secondary N) is 2. The van der Waals surface area contributed by atoms with Crippen LogP contribution in [-0.2, 0) is 28.9 Å². The van der Waals surface area contributed by atoms with Crippen molar-refractivity contribution in [1.29, 1.82) is 0 Å². The Morgan fingerprint density at radius 1 is 1.14 bits per heavy atom. The number of carbonyl (C=O) groups excluding carboxylic acids is 3. The van der Waals surface area contributed by atoms with Crippen LogP contribution < -0.4 is 15.4 Å². The highest BCUT2D eigenvalue weighted by Crippen LogP contribution is 2.40. The van der Waals surface area contributed by atoms with Crippen LogP contribution in [-0.4, -0.2) is 51.5 Å². The number of nitrogens with zero attached hydrogens (tertiary/aromatic N) is 3. The van der Waals surface area contributed by atoms with Gasteiger partial charge in [0.1, 0.15) is 10.8 Å². The van der Waals surface area contributed by atoms with Crippen LogP contribution in [0.4, 0.5) is 5.00 Å². The van der Waals surface area contributed by atoms with E-state index in [1.165, 1.54) is 29.5 Å². The molecule has 10 nitrogen and oxygen atoms in total. The molecule has 3 aromatic rings. The topological polar surface area (TPSA) is 124 Å². The van der Waals surface area contributed by atoms with E-state index in [9.17, 15) is 14.4 Å². The van der Waals surface area contributed by atoms with E-state index < -0.39 is 5.25 Å². The molecule has 2 aromatic heterocycles. The Balaban J connectivity index is 1.31. The summed E-state index contributed by atoms with van der Waals surface area (Å²) in [4.78, 5) is 40.2. The van der Waals surface area contributed by atoms with Gasteiger partial charge in [-0.25, -0.2) is 4.79 Å². The van der Waals surface area contributed by atoms with E-state index in [4.69, 9.17) is 9.47 Å². The van der Waals surface area contributed by atoms with Crippen molar-refractivity contribution in [3.8, 4) is 5.75 Å². The molecule has 1 fully saturated rings. The molecule has 2 aliphatic rings. The zero-order chi connectivity index (χ0) is 29.6. The number of amides is 2. The first-order chi connectivity index (χ1) is 20.4. The summed E-state index contributed by atoms with van der Waals surface area (Å²) in [7, 11) is 1.57. The third kappa shape index (κ3) is 6.64. The van der Waals surface area contributed by atoms with Crippen molar-refractivity contribution in [2.75, 3.05) is 19.0 Å². The molecular formula is C30H37N5O5S2. The Kier molecular flexibility index (Phi) is 9.84. The summed E-state index contributed by atoms with van der Waals surface area (Å²) < 4.78 is 12.7. The van der Waals surface area contributed by atoms with E-state index in [0.717, 1.165) is 55.4 Å². The first-order valence-corrected chi connectivity index (χ1v) is 16.2. The second kappa shape index (κ2) is 13.7. The van der Waals surface area contributed by atoms with Gasteiger partial charge in [0.15, 0.2) is 11.0 Å². The van der Waals surface area contributed by atoms with Gasteiger partial charge in [0.05, 0.1) is 31.1 Å². The van der Waals surface area contributed by atoms with Crippen LogP contribution in [0.15, 0.2) is 29.4 Å². The summed E-state index contributed by atoms with van der Waals surface area (Å²) >= 11 is 2.81. The van der Waals surface area contributed by atoms with Gasteiger partial charge in [-0.1, -0.05) is 37.1 Å². The second-order valence-electron chi connectivity index (χ2n) is 10.5. The van der Waals surface area contributed by atoms with Gasteiger partial charge in [-0.2, -0.15) is 0 Å². The van der Waals surface area contributed by atoms with Gasteiger partial charge < -0.3 is 24.7 Å². The summed E-state index contributed by atoms with van der Waals surface area (Å²) in [5.41, 5.74) is 2.01. The number of thiophene rings is 1. The molecule has 42 heavy (non-hydrogen) atoms. The molecular weight excluding hydrogens is 574 g/mol. The molecule has 5 rings (SSSR count). The summed E-state index contributed by atoms with van der Waals surface area (Å²) in [6.07, 6.45) is 8.13. The number of aryl methyl sites for hydroxylation is 1. The van der Waals surface area contributed by atoms with Crippen LogP contribution in [0.25, 0.3) is 0 Å². The van der Waals surface area contributed by atoms with Gasteiger partial charge in [0, 0.05) is 16.5 Å². The highest BCUT2D eigenvalue weighted by molar-refractivity contribution is 8.00. The fourth-order valence-corrected chi connectivity index (χ4v) is 7.80. The molecule has 0 bridgehead atoms. The first-order valence-electron chi connectivity index (χ1n) is 14.5. The summed E-state index contributed by atoms with van der Waals surface area (Å²) in [6.45, 7) is 4.10. The number of ether oxygens (including phenoxy) is 2. The van der Waals surface area contributed by atoms with E-state index >= 15 is 0 Å². The monoisotopic (exact) mass is 611 g/mol. The van der Waals surface area contributed by atoms with Crippen LogP contribution in [0.5, 0.6) is 5.75 Å². The van der Waals surface area contributed by atoms with Crippen molar-refractivity contribution in [2.24, 2.45) is 0 Å². The molecule has 2 heterocycles. The SMILES string of the molecule is CCOC(=O)c1c(NC(=O)[C@@H](C)Sc2nnc(CNC(=O)c3cccc(OC)c3)n2C2CCCCC2)sc2c1CCC2. The van der Waals surface area contributed by atoms with Crippen LogP contribution in [0.2, 0.25) is 0 Å². The number of esters is 1. The van der Waals surface area contributed by atoms with Crippen LogP contribution in [0, 0.1) is 0 Å². The Bertz CT molecular complexity index is 1450. The number of hydrogen-bond donors (Lipinski definition) is 2. The lowest BCUT2D eigenvalue weighted by atomic mass is 9.95. The number of hydrogen-bond acceptors (Lipinski definition) is 9. The standard InChI is InChI=1S/C30H37N5O5S2/c1-4-40-29(38)25-22-14-9-15-23(22)42-28(25)32-26(36)18(2)41-30-34-33-24(35(30)20-11-6-5-7-12-20)17-31-27(37)19-10-8-13-21(16-19)39-3/h8,10,13,16,18,20H,4-7,9,11-12,14-15,17H2,1-3H3,(H,31,37)(H,32,36)/t18-/m1/s1. The van der Waals surface area contributed by atoms with Gasteiger partial charge in [0.25, 0.3) is 5.91 Å². The number of benzene rings is 1. The van der Waals surface area contributed by atoms with Gasteiger partial charge in [-0.05, 0) is 69.7 Å². The largest absolute Gasteiger partial charge is 0.497 e. The molecule has 0 unspecified atom stereocenters. The average Bonchev–Trinajstić information content (AvgIpc) is 3.71. The third-order valence-corrected chi connectivity index (χ3v) is 9.97. The minimum Gasteiger partial charge on any atom is -0.497 e. The molecule has 1 atom stereocenters. The predicted molar refractivity (Wildman–Crippen MR) is 163 cm³/mol. The molecule has 224 valence electrons. The fourth-order valence-electron chi connectivity index (χ4n) is 5.58. The average molecular weight is 612 g/mol. The lowest BCUT2D eigenvalue weighted by Crippen LogP contribution is -2.27. The molecule has 2 aliphatic carbocycles. The second-order valence-corrected chi connectivity index (χ2v) is 12.9. The van der Waals surface area contributed by atoms with E-state index in [1.54, 1.807) is 38.3 Å². The van der Waals surface area contributed by atoms with E-state index in [-0.39, 0.29) is 37.0 Å². The molecule has 0 saturated heterocycles. The maximum absolute atomic E-state index is 13.4. The minimum absolute atomic E-state index is 0.200.